The summed E-state index contributed by atoms with van der Waals surface area (Å²) in [6.45, 7) is 13.5. The Morgan fingerprint density at radius 1 is 1.05 bits per heavy atom. The lowest BCUT2D eigenvalue weighted by molar-refractivity contribution is 0.585. The molecule has 2 heterocycles. The summed E-state index contributed by atoms with van der Waals surface area (Å²) in [5, 5.41) is 1.10. The van der Waals surface area contributed by atoms with E-state index in [4.69, 9.17) is 0 Å². The highest BCUT2D eigenvalue weighted by atomic mass is 32.1. The van der Waals surface area contributed by atoms with Crippen LogP contribution < -0.4 is 0 Å². The second-order valence-electron chi connectivity index (χ2n) is 6.22. The van der Waals surface area contributed by atoms with Crippen LogP contribution in [-0.2, 0) is 5.41 Å². The number of nitrogens with zero attached hydrogens (tertiary/aromatic N) is 4. The van der Waals surface area contributed by atoms with Crippen molar-refractivity contribution in [3.63, 3.8) is 0 Å². The van der Waals surface area contributed by atoms with Gasteiger partial charge in [-0.15, -0.1) is 0 Å². The molecule has 0 saturated carbocycles. The smallest absolute Gasteiger partial charge is 0.129 e. The van der Waals surface area contributed by atoms with Gasteiger partial charge in [-0.2, -0.15) is 4.37 Å². The number of aliphatic imine (C=N–C) groups is 2. The SMILES string of the molecule is C.CC(C)(C)C1=NCC=N1.CC(C)(C)c1ncns1. The predicted octanol–water partition coefficient (Wildman–Crippen LogP) is 3.99. The predicted molar refractivity (Wildman–Crippen MR) is 85.6 cm³/mol. The highest BCUT2D eigenvalue weighted by molar-refractivity contribution is 7.05. The number of hydrogen-bond acceptors (Lipinski definition) is 5. The van der Waals surface area contributed by atoms with E-state index >= 15 is 0 Å². The minimum atomic E-state index is 0. The molecule has 0 bridgehead atoms. The third kappa shape index (κ3) is 6.05. The van der Waals surface area contributed by atoms with Crippen molar-refractivity contribution in [3.8, 4) is 0 Å². The molecule has 108 valence electrons. The minimum absolute atomic E-state index is 0. The van der Waals surface area contributed by atoms with Crippen molar-refractivity contribution in [2.75, 3.05) is 6.54 Å². The molecule has 0 saturated heterocycles. The Balaban J connectivity index is 0.000000324. The average Bonchev–Trinajstić information content (AvgIpc) is 2.91. The van der Waals surface area contributed by atoms with E-state index in [1.807, 2.05) is 6.21 Å². The quantitative estimate of drug-likeness (QED) is 0.722. The van der Waals surface area contributed by atoms with Crippen molar-refractivity contribution in [2.45, 2.75) is 54.4 Å². The van der Waals surface area contributed by atoms with Gasteiger partial charge in [0.2, 0.25) is 0 Å². The Morgan fingerprint density at radius 2 is 1.68 bits per heavy atom. The van der Waals surface area contributed by atoms with Crippen molar-refractivity contribution in [2.24, 2.45) is 15.4 Å². The molecule has 1 aromatic rings. The van der Waals surface area contributed by atoms with Crippen LogP contribution in [0.15, 0.2) is 16.3 Å². The topological polar surface area (TPSA) is 50.5 Å². The molecular weight excluding hydrogens is 256 g/mol. The first-order valence-corrected chi connectivity index (χ1v) is 6.83. The van der Waals surface area contributed by atoms with Crippen LogP contribution in [0, 0.1) is 5.41 Å². The van der Waals surface area contributed by atoms with Gasteiger partial charge < -0.3 is 0 Å². The molecule has 0 spiro atoms. The summed E-state index contributed by atoms with van der Waals surface area (Å²) < 4.78 is 3.92. The molecule has 2 rings (SSSR count). The lowest BCUT2D eigenvalue weighted by Crippen LogP contribution is -2.16. The van der Waals surface area contributed by atoms with Crippen molar-refractivity contribution in [1.82, 2.24) is 9.36 Å². The Bertz CT molecular complexity index is 419. The van der Waals surface area contributed by atoms with Crippen molar-refractivity contribution in [1.29, 1.82) is 0 Å². The molecule has 19 heavy (non-hydrogen) atoms. The molecule has 1 aliphatic rings. The summed E-state index contributed by atoms with van der Waals surface area (Å²) in [6, 6.07) is 0. The monoisotopic (exact) mass is 282 g/mol. The van der Waals surface area contributed by atoms with Crippen LogP contribution in [-0.4, -0.2) is 28.0 Å². The zero-order valence-corrected chi connectivity index (χ0v) is 12.9. The summed E-state index contributed by atoms with van der Waals surface area (Å²) in [5.41, 5.74) is 0.300. The van der Waals surface area contributed by atoms with Crippen molar-refractivity contribution < 1.29 is 0 Å². The number of aromatic nitrogens is 2. The molecule has 0 aliphatic carbocycles. The summed E-state index contributed by atoms with van der Waals surface area (Å²) in [6.07, 6.45) is 3.45. The van der Waals surface area contributed by atoms with Gasteiger partial charge in [0.15, 0.2) is 0 Å². The molecule has 0 atom stereocenters. The van der Waals surface area contributed by atoms with E-state index in [-0.39, 0.29) is 18.3 Å². The number of amidine groups is 1. The molecular formula is C14H26N4S. The molecule has 1 aromatic heterocycles. The van der Waals surface area contributed by atoms with E-state index in [1.165, 1.54) is 11.5 Å². The van der Waals surface area contributed by atoms with Crippen molar-refractivity contribution >= 4 is 23.6 Å². The molecule has 5 heteroatoms. The number of rotatable bonds is 0. The maximum Gasteiger partial charge on any atom is 0.129 e. The zero-order chi connectivity index (χ0) is 13.8. The largest absolute Gasteiger partial charge is 0.264 e. The molecule has 0 fully saturated rings. The van der Waals surface area contributed by atoms with E-state index in [1.54, 1.807) is 6.33 Å². The van der Waals surface area contributed by atoms with Gasteiger partial charge in [0.1, 0.15) is 17.2 Å². The van der Waals surface area contributed by atoms with Gasteiger partial charge in [0.25, 0.3) is 0 Å². The molecule has 0 unspecified atom stereocenters. The molecule has 4 nitrogen and oxygen atoms in total. The summed E-state index contributed by atoms with van der Waals surface area (Å²) >= 11 is 1.47. The van der Waals surface area contributed by atoms with E-state index in [9.17, 15) is 0 Å². The van der Waals surface area contributed by atoms with Crippen LogP contribution >= 0.6 is 11.5 Å². The Labute approximate surface area is 121 Å². The standard InChI is InChI=1S/C7H12N2.C6H10N2S.CH4/c1-7(2,3)6-8-4-5-9-6;1-6(2,3)5-7-4-8-9-5;/h4H,5H2,1-3H3;4H,1-3H3;1H4. The highest BCUT2D eigenvalue weighted by Gasteiger charge is 2.19. The van der Waals surface area contributed by atoms with Gasteiger partial charge >= 0.3 is 0 Å². The van der Waals surface area contributed by atoms with E-state index in [2.05, 4.69) is 60.9 Å². The minimum Gasteiger partial charge on any atom is -0.264 e. The summed E-state index contributed by atoms with van der Waals surface area (Å²) in [5.74, 6) is 0.975. The van der Waals surface area contributed by atoms with Gasteiger partial charge in [-0.1, -0.05) is 49.0 Å². The van der Waals surface area contributed by atoms with Crippen LogP contribution in [0.5, 0.6) is 0 Å². The molecule has 0 amide bonds. The lowest BCUT2D eigenvalue weighted by Gasteiger charge is -2.14. The second kappa shape index (κ2) is 6.89. The fourth-order valence-electron chi connectivity index (χ4n) is 1.23. The van der Waals surface area contributed by atoms with Crippen LogP contribution in [0.25, 0.3) is 0 Å². The maximum absolute atomic E-state index is 4.20. The maximum atomic E-state index is 4.20. The van der Waals surface area contributed by atoms with Gasteiger partial charge in [-0.3, -0.25) is 4.99 Å². The van der Waals surface area contributed by atoms with Gasteiger partial charge in [-0.05, 0) is 11.5 Å². The second-order valence-corrected chi connectivity index (χ2v) is 7.00. The average molecular weight is 282 g/mol. The van der Waals surface area contributed by atoms with Gasteiger partial charge in [0, 0.05) is 17.0 Å². The molecule has 0 aromatic carbocycles. The Kier molecular flexibility index (Phi) is 6.49. The van der Waals surface area contributed by atoms with E-state index < -0.39 is 0 Å². The molecule has 0 N–H and O–H groups in total. The van der Waals surface area contributed by atoms with E-state index in [0.717, 1.165) is 17.4 Å². The van der Waals surface area contributed by atoms with Crippen LogP contribution in [0.2, 0.25) is 0 Å². The first-order chi connectivity index (χ1) is 8.21. The Hall–Kier alpha value is -1.10. The fraction of sp³-hybridized carbons (Fsp3) is 0.714. The molecule has 1 aliphatic heterocycles. The summed E-state index contributed by atoms with van der Waals surface area (Å²) in [7, 11) is 0. The van der Waals surface area contributed by atoms with Gasteiger partial charge in [-0.25, -0.2) is 9.98 Å². The third-order valence-corrected chi connectivity index (χ3v) is 3.30. The first kappa shape index (κ1) is 17.9. The normalized spacial score (nSPS) is 14.3. The third-order valence-electron chi connectivity index (χ3n) is 2.21. The summed E-state index contributed by atoms with van der Waals surface area (Å²) in [4.78, 5) is 12.4. The van der Waals surface area contributed by atoms with Crippen LogP contribution in [0.3, 0.4) is 0 Å². The highest BCUT2D eigenvalue weighted by Crippen LogP contribution is 2.21. The van der Waals surface area contributed by atoms with Crippen molar-refractivity contribution in [3.05, 3.63) is 11.3 Å². The van der Waals surface area contributed by atoms with Crippen LogP contribution in [0.4, 0.5) is 0 Å². The lowest BCUT2D eigenvalue weighted by atomic mass is 9.95. The Morgan fingerprint density at radius 3 is 1.89 bits per heavy atom. The van der Waals surface area contributed by atoms with E-state index in [0.29, 0.717) is 0 Å². The van der Waals surface area contributed by atoms with Gasteiger partial charge in [0.05, 0.1) is 6.54 Å². The fourth-order valence-corrected chi connectivity index (χ4v) is 1.79. The zero-order valence-electron chi connectivity index (χ0n) is 12.1. The van der Waals surface area contributed by atoms with Crippen LogP contribution in [0.1, 0.15) is 54.0 Å². The molecule has 0 radical (unpaired) electrons. The first-order valence-electron chi connectivity index (χ1n) is 6.06. The number of hydrogen-bond donors (Lipinski definition) is 0.